The Balaban J connectivity index is 0. The smallest absolute Gasteiger partial charge is 0.328 e. The molecule has 2 aromatic rings. The Bertz CT molecular complexity index is 1030. The molecule has 31 heavy (non-hydrogen) atoms. The first-order chi connectivity index (χ1) is 13.8. The number of hydrogen-bond acceptors (Lipinski definition) is 7. The summed E-state index contributed by atoms with van der Waals surface area (Å²) in [4.78, 5) is 42.3. The quantitative estimate of drug-likeness (QED) is 0.356. The fourth-order valence-electron chi connectivity index (χ4n) is 1.51. The van der Waals surface area contributed by atoms with E-state index in [-0.39, 0.29) is 10.4 Å². The summed E-state index contributed by atoms with van der Waals surface area (Å²) in [6.45, 7) is 0. The lowest BCUT2D eigenvalue weighted by Gasteiger charge is -1.99. The second-order valence-electron chi connectivity index (χ2n) is 4.92. The fourth-order valence-corrected chi connectivity index (χ4v) is 2.04. The van der Waals surface area contributed by atoms with Gasteiger partial charge < -0.3 is 25.9 Å². The van der Waals surface area contributed by atoms with Gasteiger partial charge in [0.25, 0.3) is 0 Å². The average molecular weight is 458 g/mol. The number of benzene rings is 1. The molecule has 0 fully saturated rings. The Hall–Kier alpha value is -4.14. The molecule has 1 aromatic carbocycles. The third kappa shape index (κ3) is 14.5. The number of pyridine rings is 1. The van der Waals surface area contributed by atoms with Gasteiger partial charge in [-0.15, -0.1) is 0 Å². The minimum Gasteiger partial charge on any atom is -0.478 e. The van der Waals surface area contributed by atoms with E-state index in [4.69, 9.17) is 25.6 Å². The number of rotatable bonds is 5. The van der Waals surface area contributed by atoms with E-state index in [0.29, 0.717) is 29.8 Å². The van der Waals surface area contributed by atoms with Crippen molar-refractivity contribution < 1.29 is 53.5 Å². The number of fused-ring (bicyclic) bond motifs is 1. The van der Waals surface area contributed by atoms with Crippen LogP contribution >= 0.6 is 0 Å². The molecule has 2 rings (SSSR count). The highest BCUT2D eigenvalue weighted by atomic mass is 32.2. The predicted molar refractivity (Wildman–Crippen MR) is 106 cm³/mol. The van der Waals surface area contributed by atoms with Gasteiger partial charge in [0, 0.05) is 35.9 Å². The van der Waals surface area contributed by atoms with E-state index in [9.17, 15) is 27.6 Å². The Morgan fingerprint density at radius 1 is 0.806 bits per heavy atom. The van der Waals surface area contributed by atoms with Crippen LogP contribution in [-0.2, 0) is 29.2 Å². The molecule has 0 saturated heterocycles. The maximum absolute atomic E-state index is 11.0. The number of carboxylic acids is 4. The van der Waals surface area contributed by atoms with E-state index in [2.05, 4.69) is 4.98 Å². The molecule has 168 valence electrons. The number of carbonyl (C=O) groups is 4. The molecule has 0 radical (unpaired) electrons. The van der Waals surface area contributed by atoms with Gasteiger partial charge in [-0.3, -0.25) is 4.98 Å². The maximum atomic E-state index is 11.0. The lowest BCUT2D eigenvalue weighted by molar-refractivity contribution is -0.134. The number of nitrogens with zero attached hydrogens (tertiary/aromatic N) is 1. The van der Waals surface area contributed by atoms with Crippen LogP contribution in [0.3, 0.4) is 0 Å². The van der Waals surface area contributed by atoms with Crippen LogP contribution < -0.4 is 5.14 Å². The molecule has 1 heterocycles. The van der Waals surface area contributed by atoms with Crippen LogP contribution in [0.15, 0.2) is 65.7 Å². The highest BCUT2D eigenvalue weighted by Gasteiger charge is 2.07. The number of hydrogen-bond donors (Lipinski definition) is 5. The third-order valence-electron chi connectivity index (χ3n) is 2.64. The van der Waals surface area contributed by atoms with Gasteiger partial charge in [0.2, 0.25) is 10.0 Å². The van der Waals surface area contributed by atoms with Crippen molar-refractivity contribution in [3.63, 3.8) is 0 Å². The molecule has 0 amide bonds. The van der Waals surface area contributed by atoms with Gasteiger partial charge in [0.1, 0.15) is 0 Å². The zero-order chi connectivity index (χ0) is 23.3. The zero-order valence-corrected chi connectivity index (χ0v) is 16.3. The first-order valence-corrected chi connectivity index (χ1v) is 9.03. The third-order valence-corrected chi connectivity index (χ3v) is 3.55. The number of sulfonamides is 1. The van der Waals surface area contributed by atoms with Crippen molar-refractivity contribution in [2.24, 2.45) is 5.14 Å². The maximum Gasteiger partial charge on any atom is 0.328 e. The van der Waals surface area contributed by atoms with Crippen LogP contribution in [0.25, 0.3) is 10.9 Å². The highest BCUT2D eigenvalue weighted by molar-refractivity contribution is 7.89. The van der Waals surface area contributed by atoms with Crippen molar-refractivity contribution in [2.75, 3.05) is 0 Å². The number of aliphatic carboxylic acids is 4. The van der Waals surface area contributed by atoms with E-state index in [1.54, 1.807) is 18.3 Å². The van der Waals surface area contributed by atoms with Crippen molar-refractivity contribution in [1.82, 2.24) is 4.98 Å². The number of aromatic nitrogens is 1. The first kappa shape index (κ1) is 29.1. The molecule has 8 N–H and O–H groups in total. The van der Waals surface area contributed by atoms with E-state index >= 15 is 0 Å². The number of nitrogens with two attached hydrogens (primary N) is 1. The van der Waals surface area contributed by atoms with Crippen molar-refractivity contribution in [3.05, 3.63) is 60.8 Å². The second-order valence-corrected chi connectivity index (χ2v) is 6.48. The molecule has 1 aromatic heterocycles. The average Bonchev–Trinajstić information content (AvgIpc) is 2.64. The summed E-state index contributed by atoms with van der Waals surface area (Å²) in [5, 5.41) is 37.1. The molecule has 0 aliphatic rings. The van der Waals surface area contributed by atoms with Crippen LogP contribution in [0.1, 0.15) is 0 Å². The molecule has 0 aliphatic carbocycles. The van der Waals surface area contributed by atoms with Gasteiger partial charge in [-0.05, 0) is 18.2 Å². The van der Waals surface area contributed by atoms with Crippen LogP contribution in [0.2, 0.25) is 0 Å². The fraction of sp³-hybridized carbons (Fsp3) is 0. The molecular weight excluding hydrogens is 440 g/mol. The monoisotopic (exact) mass is 458 g/mol. The SMILES string of the molecule is NS(=O)(=O)c1ccc2cccnc2c1.O.O=C(O)/C=C/C(=O)O.O=C(O)/C=C/C(=O)O. The van der Waals surface area contributed by atoms with Crippen LogP contribution in [0.4, 0.5) is 0 Å². The Morgan fingerprint density at radius 3 is 1.58 bits per heavy atom. The van der Waals surface area contributed by atoms with Crippen LogP contribution in [0, 0.1) is 0 Å². The first-order valence-electron chi connectivity index (χ1n) is 7.48. The minimum atomic E-state index is -3.63. The predicted octanol–water partition coefficient (Wildman–Crippen LogP) is -0.519. The van der Waals surface area contributed by atoms with Gasteiger partial charge >= 0.3 is 23.9 Å². The topological polar surface area (TPSA) is 254 Å². The molecule has 0 saturated carbocycles. The molecule has 0 unspecified atom stereocenters. The molecule has 0 bridgehead atoms. The molecule has 0 aliphatic heterocycles. The van der Waals surface area contributed by atoms with Gasteiger partial charge in [-0.1, -0.05) is 12.1 Å². The Morgan fingerprint density at radius 2 is 1.23 bits per heavy atom. The zero-order valence-electron chi connectivity index (χ0n) is 15.4. The summed E-state index contributed by atoms with van der Waals surface area (Å²) in [6, 6.07) is 8.26. The lowest BCUT2D eigenvalue weighted by Crippen LogP contribution is -2.11. The summed E-state index contributed by atoms with van der Waals surface area (Å²) < 4.78 is 22.1. The minimum absolute atomic E-state index is 0. The molecular formula is C17H18N2O11S. The molecule has 13 nitrogen and oxygen atoms in total. The molecule has 14 heteroatoms. The molecule has 0 atom stereocenters. The standard InChI is InChI=1S/C9H8N2O2S.2C4H4O4.H2O/c10-14(12,13)8-4-3-7-2-1-5-11-9(7)6-8;2*5-3(6)1-2-4(7)8;/h1-6H,(H2,10,12,13);2*1-2H,(H,5,6)(H,7,8);1H2/b;2*2-1+;. The van der Waals surface area contributed by atoms with Crippen molar-refractivity contribution in [2.45, 2.75) is 4.90 Å². The second kappa shape index (κ2) is 13.9. The van der Waals surface area contributed by atoms with E-state index in [1.165, 1.54) is 12.1 Å². The number of carboxylic acid groups (broad SMARTS) is 4. The van der Waals surface area contributed by atoms with E-state index in [1.807, 2.05) is 6.07 Å². The van der Waals surface area contributed by atoms with Crippen LogP contribution in [0.5, 0.6) is 0 Å². The largest absolute Gasteiger partial charge is 0.478 e. The highest BCUT2D eigenvalue weighted by Crippen LogP contribution is 2.15. The summed E-state index contributed by atoms with van der Waals surface area (Å²) >= 11 is 0. The summed E-state index contributed by atoms with van der Waals surface area (Å²) in [7, 11) is -3.63. The van der Waals surface area contributed by atoms with Gasteiger partial charge in [-0.25, -0.2) is 32.7 Å². The van der Waals surface area contributed by atoms with Crippen molar-refractivity contribution >= 4 is 44.8 Å². The molecule has 0 spiro atoms. The van der Waals surface area contributed by atoms with Crippen LogP contribution in [-0.4, -0.2) is 63.2 Å². The van der Waals surface area contributed by atoms with Gasteiger partial charge in [0.05, 0.1) is 10.4 Å². The van der Waals surface area contributed by atoms with E-state index in [0.717, 1.165) is 5.39 Å². The summed E-state index contributed by atoms with van der Waals surface area (Å²) in [5.74, 6) is -5.03. The van der Waals surface area contributed by atoms with Crippen molar-refractivity contribution in [1.29, 1.82) is 0 Å². The lowest BCUT2D eigenvalue weighted by atomic mass is 10.2. The summed E-state index contributed by atoms with van der Waals surface area (Å²) in [5.41, 5.74) is 0.624. The summed E-state index contributed by atoms with van der Waals surface area (Å²) in [6.07, 6.45) is 3.84. The van der Waals surface area contributed by atoms with Gasteiger partial charge in [-0.2, -0.15) is 0 Å². The van der Waals surface area contributed by atoms with Crippen molar-refractivity contribution in [3.8, 4) is 0 Å². The Kier molecular flexibility index (Phi) is 13.1. The van der Waals surface area contributed by atoms with E-state index < -0.39 is 33.9 Å². The normalized spacial score (nSPS) is 10.2. The Labute approximate surface area is 174 Å². The number of primary sulfonamides is 1. The van der Waals surface area contributed by atoms with Gasteiger partial charge in [0.15, 0.2) is 0 Å².